The van der Waals surface area contributed by atoms with Crippen LogP contribution in [0.5, 0.6) is 0 Å². The maximum absolute atomic E-state index is 9.64. The molecule has 2 aliphatic rings. The highest BCUT2D eigenvalue weighted by atomic mass is 16.7. The Hall–Kier alpha value is -0.120. The van der Waals surface area contributed by atoms with Crippen LogP contribution in [0.25, 0.3) is 0 Å². The van der Waals surface area contributed by atoms with Crippen LogP contribution in [0, 0.1) is 5.92 Å². The average molecular weight is 172 g/mol. The minimum atomic E-state index is -0.425. The molecule has 3 heteroatoms. The summed E-state index contributed by atoms with van der Waals surface area (Å²) in [5, 5.41) is 9.64. The molecule has 0 aromatic heterocycles. The van der Waals surface area contributed by atoms with E-state index in [9.17, 15) is 5.11 Å². The molecular formula is C9H16O3. The van der Waals surface area contributed by atoms with Crippen LogP contribution in [0.3, 0.4) is 0 Å². The lowest BCUT2D eigenvalue weighted by Gasteiger charge is -2.37. The zero-order valence-corrected chi connectivity index (χ0v) is 7.45. The number of ether oxygens (including phenoxy) is 2. The van der Waals surface area contributed by atoms with Crippen LogP contribution in [0.15, 0.2) is 0 Å². The highest BCUT2D eigenvalue weighted by Crippen LogP contribution is 2.38. The van der Waals surface area contributed by atoms with Crippen molar-refractivity contribution in [2.75, 3.05) is 13.2 Å². The van der Waals surface area contributed by atoms with Gasteiger partial charge in [0.1, 0.15) is 0 Å². The summed E-state index contributed by atoms with van der Waals surface area (Å²) in [7, 11) is 0. The fourth-order valence-electron chi connectivity index (χ4n) is 2.02. The second-order valence-electron chi connectivity index (χ2n) is 3.90. The smallest absolute Gasteiger partial charge is 0.170 e. The van der Waals surface area contributed by atoms with E-state index in [4.69, 9.17) is 9.47 Å². The van der Waals surface area contributed by atoms with Crippen molar-refractivity contribution in [3.63, 3.8) is 0 Å². The van der Waals surface area contributed by atoms with Crippen molar-refractivity contribution < 1.29 is 14.6 Å². The Labute approximate surface area is 72.7 Å². The number of aliphatic hydroxyl groups is 1. The van der Waals surface area contributed by atoms with Gasteiger partial charge in [-0.25, -0.2) is 0 Å². The zero-order valence-electron chi connectivity index (χ0n) is 7.45. The molecule has 70 valence electrons. The maximum atomic E-state index is 9.64. The van der Waals surface area contributed by atoms with E-state index in [2.05, 4.69) is 6.92 Å². The van der Waals surface area contributed by atoms with Gasteiger partial charge in [0.05, 0.1) is 19.3 Å². The number of hydrogen-bond acceptors (Lipinski definition) is 3. The Kier molecular flexibility index (Phi) is 2.10. The average Bonchev–Trinajstić information content (AvgIpc) is 2.47. The first-order valence-electron chi connectivity index (χ1n) is 4.68. The second-order valence-corrected chi connectivity index (χ2v) is 3.90. The molecule has 0 amide bonds. The van der Waals surface area contributed by atoms with Crippen LogP contribution < -0.4 is 0 Å². The van der Waals surface area contributed by atoms with Crippen LogP contribution >= 0.6 is 0 Å². The highest BCUT2D eigenvalue weighted by Gasteiger charge is 2.43. The number of rotatable bonds is 0. The molecule has 0 radical (unpaired) electrons. The van der Waals surface area contributed by atoms with Gasteiger partial charge in [-0.2, -0.15) is 0 Å². The molecule has 1 saturated carbocycles. The van der Waals surface area contributed by atoms with Gasteiger partial charge in [0.25, 0.3) is 0 Å². The van der Waals surface area contributed by atoms with E-state index in [-0.39, 0.29) is 6.10 Å². The van der Waals surface area contributed by atoms with E-state index >= 15 is 0 Å². The minimum Gasteiger partial charge on any atom is -0.393 e. The SMILES string of the molecule is C[C@@H]1CCC2(C[C@H]1O)OCCO2. The molecule has 1 N–H and O–H groups in total. The Balaban J connectivity index is 2.01. The van der Waals surface area contributed by atoms with Crippen LogP contribution in [0.1, 0.15) is 26.2 Å². The molecule has 1 aliphatic heterocycles. The van der Waals surface area contributed by atoms with Crippen LogP contribution in [-0.2, 0) is 9.47 Å². The molecule has 3 nitrogen and oxygen atoms in total. The van der Waals surface area contributed by atoms with Gasteiger partial charge in [-0.3, -0.25) is 0 Å². The fraction of sp³-hybridized carbons (Fsp3) is 1.00. The van der Waals surface area contributed by atoms with Crippen LogP contribution in [0.4, 0.5) is 0 Å². The van der Waals surface area contributed by atoms with Crippen molar-refractivity contribution in [2.45, 2.75) is 38.1 Å². The topological polar surface area (TPSA) is 38.7 Å². The molecule has 1 saturated heterocycles. The summed E-state index contributed by atoms with van der Waals surface area (Å²) in [6.07, 6.45) is 2.33. The summed E-state index contributed by atoms with van der Waals surface area (Å²) in [6.45, 7) is 3.44. The first kappa shape index (κ1) is 8.48. The predicted molar refractivity (Wildman–Crippen MR) is 43.7 cm³/mol. The molecule has 0 aromatic rings. The summed E-state index contributed by atoms with van der Waals surface area (Å²) in [5.41, 5.74) is 0. The minimum absolute atomic E-state index is 0.253. The number of aliphatic hydroxyl groups excluding tert-OH is 1. The van der Waals surface area contributed by atoms with E-state index in [1.165, 1.54) is 0 Å². The van der Waals surface area contributed by atoms with Crippen LogP contribution in [0.2, 0.25) is 0 Å². The maximum Gasteiger partial charge on any atom is 0.170 e. The molecule has 1 spiro atoms. The van der Waals surface area contributed by atoms with Gasteiger partial charge in [0.15, 0.2) is 5.79 Å². The van der Waals surface area contributed by atoms with Crippen molar-refractivity contribution in [3.05, 3.63) is 0 Å². The van der Waals surface area contributed by atoms with Gasteiger partial charge in [-0.15, -0.1) is 0 Å². The lowest BCUT2D eigenvalue weighted by molar-refractivity contribution is -0.203. The summed E-state index contributed by atoms with van der Waals surface area (Å²) in [5.74, 6) is -0.0326. The third kappa shape index (κ3) is 1.37. The van der Waals surface area contributed by atoms with E-state index in [1.54, 1.807) is 0 Å². The van der Waals surface area contributed by atoms with E-state index in [0.717, 1.165) is 12.8 Å². The van der Waals surface area contributed by atoms with Gasteiger partial charge in [-0.1, -0.05) is 6.92 Å². The van der Waals surface area contributed by atoms with Crippen molar-refractivity contribution in [1.29, 1.82) is 0 Å². The molecule has 2 rings (SSSR count). The van der Waals surface area contributed by atoms with Gasteiger partial charge in [0.2, 0.25) is 0 Å². The van der Waals surface area contributed by atoms with Gasteiger partial charge >= 0.3 is 0 Å². The molecule has 1 aliphatic carbocycles. The predicted octanol–water partition coefficient (Wildman–Crippen LogP) is 0.910. The standard InChI is InChI=1S/C9H16O3/c1-7-2-3-9(6-8(7)10)11-4-5-12-9/h7-8,10H,2-6H2,1H3/t7-,8-/m1/s1. The van der Waals surface area contributed by atoms with Gasteiger partial charge in [-0.05, 0) is 12.3 Å². The van der Waals surface area contributed by atoms with Crippen molar-refractivity contribution >= 4 is 0 Å². The molecule has 2 atom stereocenters. The molecule has 2 fully saturated rings. The lowest BCUT2D eigenvalue weighted by Crippen LogP contribution is -2.42. The molecule has 0 bridgehead atoms. The molecule has 0 aromatic carbocycles. The van der Waals surface area contributed by atoms with Crippen molar-refractivity contribution in [2.24, 2.45) is 5.92 Å². The van der Waals surface area contributed by atoms with Crippen molar-refractivity contribution in [3.8, 4) is 0 Å². The Morgan fingerprint density at radius 2 is 2.00 bits per heavy atom. The van der Waals surface area contributed by atoms with Gasteiger partial charge < -0.3 is 14.6 Å². The first-order valence-corrected chi connectivity index (χ1v) is 4.68. The van der Waals surface area contributed by atoms with E-state index in [1.807, 2.05) is 0 Å². The summed E-state index contributed by atoms with van der Waals surface area (Å²) >= 11 is 0. The van der Waals surface area contributed by atoms with Crippen LogP contribution in [-0.4, -0.2) is 30.2 Å². The largest absolute Gasteiger partial charge is 0.393 e. The van der Waals surface area contributed by atoms with E-state index in [0.29, 0.717) is 25.6 Å². The monoisotopic (exact) mass is 172 g/mol. The Morgan fingerprint density at radius 3 is 2.58 bits per heavy atom. The quantitative estimate of drug-likeness (QED) is 0.590. The fourth-order valence-corrected chi connectivity index (χ4v) is 2.02. The Bertz CT molecular complexity index is 163. The second kappa shape index (κ2) is 2.98. The number of hydrogen-bond donors (Lipinski definition) is 1. The summed E-state index contributed by atoms with van der Waals surface area (Å²) in [4.78, 5) is 0. The molecule has 0 unspecified atom stereocenters. The lowest BCUT2D eigenvalue weighted by atomic mass is 9.84. The van der Waals surface area contributed by atoms with E-state index < -0.39 is 5.79 Å². The molecule has 1 heterocycles. The highest BCUT2D eigenvalue weighted by molar-refractivity contribution is 4.86. The van der Waals surface area contributed by atoms with Gasteiger partial charge in [0, 0.05) is 12.8 Å². The Morgan fingerprint density at radius 1 is 1.33 bits per heavy atom. The molecule has 12 heavy (non-hydrogen) atoms. The molecular weight excluding hydrogens is 156 g/mol. The third-order valence-corrected chi connectivity index (χ3v) is 2.97. The zero-order chi connectivity index (χ0) is 8.60. The summed E-state index contributed by atoms with van der Waals surface area (Å²) < 4.78 is 11.0. The normalized spacial score (nSPS) is 40.5. The van der Waals surface area contributed by atoms with Crippen molar-refractivity contribution in [1.82, 2.24) is 0 Å². The third-order valence-electron chi connectivity index (χ3n) is 2.97. The summed E-state index contributed by atoms with van der Waals surface area (Å²) in [6, 6.07) is 0. The first-order chi connectivity index (χ1) is 5.72.